The molecule has 1 aromatic heterocycles. The lowest BCUT2D eigenvalue weighted by molar-refractivity contribution is 0.415. The number of benzene rings is 1. The number of rotatable bonds is 4. The minimum atomic E-state index is -0.323. The molecule has 0 amide bonds. The largest absolute Gasteiger partial charge is 0.497 e. The standard InChI is InChI=1S/C16H17N3O2/c1-11(9-17)19-15(7-6-13(10-18)16(19)20)12-4-3-5-14(8-12)21-2/h3-8,11H,9,17H2,1-2H3. The smallest absolute Gasteiger partial charge is 0.269 e. The molecule has 2 N–H and O–H groups in total. The summed E-state index contributed by atoms with van der Waals surface area (Å²) in [6, 6.07) is 12.4. The summed E-state index contributed by atoms with van der Waals surface area (Å²) in [5.74, 6) is 0.705. The van der Waals surface area contributed by atoms with Crippen molar-refractivity contribution in [2.24, 2.45) is 5.73 Å². The fourth-order valence-corrected chi connectivity index (χ4v) is 2.20. The van der Waals surface area contributed by atoms with Gasteiger partial charge in [0.1, 0.15) is 17.4 Å². The first-order chi connectivity index (χ1) is 10.1. The van der Waals surface area contributed by atoms with Gasteiger partial charge in [0, 0.05) is 18.2 Å². The molecular weight excluding hydrogens is 266 g/mol. The highest BCUT2D eigenvalue weighted by atomic mass is 16.5. The molecular formula is C16H17N3O2. The molecule has 0 aliphatic carbocycles. The van der Waals surface area contributed by atoms with E-state index in [1.54, 1.807) is 17.7 Å². The highest BCUT2D eigenvalue weighted by molar-refractivity contribution is 5.62. The van der Waals surface area contributed by atoms with E-state index in [4.69, 9.17) is 15.7 Å². The Hall–Kier alpha value is -2.58. The first-order valence-corrected chi connectivity index (χ1v) is 6.62. The number of nitriles is 1. The average Bonchev–Trinajstić information content (AvgIpc) is 2.53. The van der Waals surface area contributed by atoms with Crippen molar-refractivity contribution in [3.8, 4) is 23.1 Å². The van der Waals surface area contributed by atoms with Crippen molar-refractivity contribution in [3.05, 3.63) is 52.3 Å². The van der Waals surface area contributed by atoms with Gasteiger partial charge in [0.2, 0.25) is 0 Å². The molecule has 1 unspecified atom stereocenters. The molecule has 0 fully saturated rings. The second-order valence-electron chi connectivity index (χ2n) is 4.74. The summed E-state index contributed by atoms with van der Waals surface area (Å²) < 4.78 is 6.78. The van der Waals surface area contributed by atoms with E-state index in [2.05, 4.69) is 0 Å². The van der Waals surface area contributed by atoms with Crippen LogP contribution >= 0.6 is 0 Å². The molecule has 1 heterocycles. The third kappa shape index (κ3) is 2.81. The quantitative estimate of drug-likeness (QED) is 0.929. The van der Waals surface area contributed by atoms with Crippen LogP contribution in [0.4, 0.5) is 0 Å². The van der Waals surface area contributed by atoms with Crippen LogP contribution in [0.2, 0.25) is 0 Å². The molecule has 0 saturated carbocycles. The summed E-state index contributed by atoms with van der Waals surface area (Å²) in [6.07, 6.45) is 0. The maximum atomic E-state index is 12.4. The van der Waals surface area contributed by atoms with E-state index in [-0.39, 0.29) is 17.2 Å². The molecule has 2 rings (SSSR count). The van der Waals surface area contributed by atoms with Crippen molar-refractivity contribution in [2.75, 3.05) is 13.7 Å². The zero-order valence-electron chi connectivity index (χ0n) is 12.0. The molecule has 0 bridgehead atoms. The monoisotopic (exact) mass is 283 g/mol. The minimum Gasteiger partial charge on any atom is -0.497 e. The Morgan fingerprint density at radius 3 is 2.76 bits per heavy atom. The van der Waals surface area contributed by atoms with Gasteiger partial charge >= 0.3 is 0 Å². The van der Waals surface area contributed by atoms with Crippen LogP contribution < -0.4 is 16.0 Å². The Labute approximate surface area is 123 Å². The van der Waals surface area contributed by atoms with Crippen LogP contribution in [-0.4, -0.2) is 18.2 Å². The Balaban J connectivity index is 2.71. The number of hydrogen-bond acceptors (Lipinski definition) is 4. The molecule has 108 valence electrons. The molecule has 21 heavy (non-hydrogen) atoms. The number of nitrogens with two attached hydrogens (primary N) is 1. The number of pyridine rings is 1. The molecule has 0 saturated heterocycles. The van der Waals surface area contributed by atoms with Gasteiger partial charge in [-0.25, -0.2) is 0 Å². The second-order valence-corrected chi connectivity index (χ2v) is 4.74. The van der Waals surface area contributed by atoms with Gasteiger partial charge in [-0.1, -0.05) is 12.1 Å². The van der Waals surface area contributed by atoms with E-state index < -0.39 is 0 Å². The zero-order valence-corrected chi connectivity index (χ0v) is 12.0. The molecule has 0 aliphatic rings. The molecule has 5 heteroatoms. The highest BCUT2D eigenvalue weighted by Crippen LogP contribution is 2.25. The maximum Gasteiger partial charge on any atom is 0.269 e. The van der Waals surface area contributed by atoms with E-state index >= 15 is 0 Å². The Morgan fingerprint density at radius 1 is 1.38 bits per heavy atom. The van der Waals surface area contributed by atoms with Crippen molar-refractivity contribution in [1.29, 1.82) is 5.26 Å². The summed E-state index contributed by atoms with van der Waals surface area (Å²) in [6.45, 7) is 2.16. The maximum absolute atomic E-state index is 12.4. The minimum absolute atomic E-state index is 0.113. The van der Waals surface area contributed by atoms with Gasteiger partial charge in [0.15, 0.2) is 0 Å². The van der Waals surface area contributed by atoms with E-state index in [0.717, 1.165) is 11.3 Å². The predicted molar refractivity (Wildman–Crippen MR) is 81.2 cm³/mol. The van der Waals surface area contributed by atoms with Crippen LogP contribution in [0.5, 0.6) is 5.75 Å². The first kappa shape index (κ1) is 14.8. The van der Waals surface area contributed by atoms with Crippen LogP contribution in [0.15, 0.2) is 41.2 Å². The number of hydrogen-bond donors (Lipinski definition) is 1. The van der Waals surface area contributed by atoms with Gasteiger partial charge < -0.3 is 15.0 Å². The number of ether oxygens (including phenoxy) is 1. The normalized spacial score (nSPS) is 11.7. The average molecular weight is 283 g/mol. The number of methoxy groups -OCH3 is 1. The third-order valence-electron chi connectivity index (χ3n) is 3.38. The lowest BCUT2D eigenvalue weighted by Crippen LogP contribution is -2.30. The lowest BCUT2D eigenvalue weighted by Gasteiger charge is -2.19. The topological polar surface area (TPSA) is 81.0 Å². The first-order valence-electron chi connectivity index (χ1n) is 6.62. The van der Waals surface area contributed by atoms with Crippen LogP contribution in [0, 0.1) is 11.3 Å². The van der Waals surface area contributed by atoms with E-state index in [1.165, 1.54) is 6.07 Å². The van der Waals surface area contributed by atoms with Gasteiger partial charge in [-0.3, -0.25) is 4.79 Å². The fourth-order valence-electron chi connectivity index (χ4n) is 2.20. The molecule has 0 aliphatic heterocycles. The van der Waals surface area contributed by atoms with Crippen molar-refractivity contribution in [2.45, 2.75) is 13.0 Å². The summed E-state index contributed by atoms with van der Waals surface area (Å²) >= 11 is 0. The van der Waals surface area contributed by atoms with Crippen molar-refractivity contribution in [1.82, 2.24) is 4.57 Å². The van der Waals surface area contributed by atoms with Gasteiger partial charge in [0.05, 0.1) is 12.8 Å². The molecule has 2 aromatic rings. The van der Waals surface area contributed by atoms with Crippen molar-refractivity contribution < 1.29 is 4.74 Å². The fraction of sp³-hybridized carbons (Fsp3) is 0.250. The lowest BCUT2D eigenvalue weighted by atomic mass is 10.1. The molecule has 1 atom stereocenters. The summed E-state index contributed by atoms with van der Waals surface area (Å²) in [7, 11) is 1.59. The number of aromatic nitrogens is 1. The second kappa shape index (κ2) is 6.25. The van der Waals surface area contributed by atoms with E-state index in [0.29, 0.717) is 12.3 Å². The molecule has 0 spiro atoms. The van der Waals surface area contributed by atoms with Crippen LogP contribution in [0.25, 0.3) is 11.3 Å². The SMILES string of the molecule is COc1cccc(-c2ccc(C#N)c(=O)n2C(C)CN)c1. The summed E-state index contributed by atoms with van der Waals surface area (Å²) in [5.41, 5.74) is 7.05. The Kier molecular flexibility index (Phi) is 4.41. The Bertz CT molecular complexity index is 744. The number of nitrogens with zero attached hydrogens (tertiary/aromatic N) is 2. The van der Waals surface area contributed by atoms with Gasteiger partial charge in [-0.05, 0) is 31.2 Å². The van der Waals surface area contributed by atoms with Gasteiger partial charge in [0.25, 0.3) is 5.56 Å². The van der Waals surface area contributed by atoms with E-state index in [1.807, 2.05) is 37.3 Å². The van der Waals surface area contributed by atoms with Crippen molar-refractivity contribution in [3.63, 3.8) is 0 Å². The summed E-state index contributed by atoms with van der Waals surface area (Å²) in [4.78, 5) is 12.4. The van der Waals surface area contributed by atoms with E-state index in [9.17, 15) is 4.79 Å². The zero-order chi connectivity index (χ0) is 15.4. The molecule has 5 nitrogen and oxygen atoms in total. The Morgan fingerprint density at radius 2 is 2.14 bits per heavy atom. The third-order valence-corrected chi connectivity index (χ3v) is 3.38. The van der Waals surface area contributed by atoms with Gasteiger partial charge in [-0.2, -0.15) is 5.26 Å². The molecule has 1 aromatic carbocycles. The molecule has 0 radical (unpaired) electrons. The van der Waals surface area contributed by atoms with Crippen LogP contribution in [0.3, 0.4) is 0 Å². The van der Waals surface area contributed by atoms with Crippen molar-refractivity contribution >= 4 is 0 Å². The summed E-state index contributed by atoms with van der Waals surface area (Å²) in [5, 5.41) is 9.03. The highest BCUT2D eigenvalue weighted by Gasteiger charge is 2.15. The van der Waals surface area contributed by atoms with Gasteiger partial charge in [-0.15, -0.1) is 0 Å². The predicted octanol–water partition coefficient (Wildman–Crippen LogP) is 1.92. The van der Waals surface area contributed by atoms with Crippen LogP contribution in [-0.2, 0) is 0 Å². The van der Waals surface area contributed by atoms with Crippen LogP contribution in [0.1, 0.15) is 18.5 Å².